The van der Waals surface area contributed by atoms with Gasteiger partial charge in [-0.05, 0) is 24.6 Å². The Morgan fingerprint density at radius 2 is 2.09 bits per heavy atom. The molecule has 1 aromatic carbocycles. The maximum atomic E-state index is 12.1. The number of nitrogens with zero attached hydrogens (tertiary/aromatic N) is 1. The van der Waals surface area contributed by atoms with E-state index in [-0.39, 0.29) is 24.3 Å². The lowest BCUT2D eigenvalue weighted by Crippen LogP contribution is -2.45. The lowest BCUT2D eigenvalue weighted by Gasteiger charge is -2.20. The fraction of sp³-hybridized carbons (Fsp3) is 0.357. The Bertz CT molecular complexity index is 621. The van der Waals surface area contributed by atoms with Gasteiger partial charge in [0.25, 0.3) is 0 Å². The third-order valence-corrected chi connectivity index (χ3v) is 3.99. The van der Waals surface area contributed by atoms with Crippen molar-refractivity contribution in [3.05, 3.63) is 28.2 Å². The van der Waals surface area contributed by atoms with E-state index in [2.05, 4.69) is 10.6 Å². The van der Waals surface area contributed by atoms with Crippen LogP contribution in [0.15, 0.2) is 18.2 Å². The molecule has 0 bridgehead atoms. The van der Waals surface area contributed by atoms with Crippen molar-refractivity contribution < 1.29 is 14.4 Å². The van der Waals surface area contributed by atoms with Gasteiger partial charge in [-0.15, -0.1) is 0 Å². The zero-order valence-electron chi connectivity index (χ0n) is 11.9. The molecule has 0 spiro atoms. The molecule has 6 nitrogen and oxygen atoms in total. The van der Waals surface area contributed by atoms with E-state index in [1.54, 1.807) is 12.1 Å². The summed E-state index contributed by atoms with van der Waals surface area (Å²) in [5, 5.41) is 5.93. The second kappa shape index (κ2) is 6.98. The Balaban J connectivity index is 1.89. The molecule has 0 radical (unpaired) electrons. The van der Waals surface area contributed by atoms with Crippen LogP contribution in [0.25, 0.3) is 0 Å². The molecule has 3 amide bonds. The van der Waals surface area contributed by atoms with Crippen LogP contribution in [0.1, 0.15) is 12.8 Å². The number of amides is 3. The maximum absolute atomic E-state index is 12.1. The summed E-state index contributed by atoms with van der Waals surface area (Å²) in [5.74, 6) is -0.791. The van der Waals surface area contributed by atoms with Crippen molar-refractivity contribution >= 4 is 46.6 Å². The number of carbonyl (C=O) groups is 3. The number of hydrogen-bond donors (Lipinski definition) is 2. The number of hydrogen-bond acceptors (Lipinski definition) is 3. The third kappa shape index (κ3) is 4.11. The highest BCUT2D eigenvalue weighted by Gasteiger charge is 2.29. The van der Waals surface area contributed by atoms with Crippen molar-refractivity contribution in [1.29, 1.82) is 0 Å². The van der Waals surface area contributed by atoms with Crippen LogP contribution in [0.2, 0.25) is 10.0 Å². The molecule has 1 saturated heterocycles. The normalized spacial score (nSPS) is 17.0. The Kier molecular flexibility index (Phi) is 5.26. The van der Waals surface area contributed by atoms with Crippen LogP contribution in [-0.2, 0) is 14.4 Å². The fourth-order valence-electron chi connectivity index (χ4n) is 2.13. The number of carbonyl (C=O) groups excluding carboxylic acids is 3. The summed E-state index contributed by atoms with van der Waals surface area (Å²) in [6, 6.07) is 4.17. The summed E-state index contributed by atoms with van der Waals surface area (Å²) in [4.78, 5) is 36.4. The molecule has 2 N–H and O–H groups in total. The standard InChI is InChI=1S/C14H15Cl2N3O3/c1-19(14(22)11-4-5-12(20)18-11)7-13(21)17-8-2-3-9(15)10(16)6-8/h2-3,6,11H,4-5,7H2,1H3,(H,17,21)(H,18,20)/t11-/m0/s1. The van der Waals surface area contributed by atoms with Gasteiger partial charge in [0, 0.05) is 19.2 Å². The number of anilines is 1. The molecule has 0 aromatic heterocycles. The summed E-state index contributed by atoms with van der Waals surface area (Å²) in [6.07, 6.45) is 0.788. The minimum atomic E-state index is -0.546. The van der Waals surface area contributed by atoms with Gasteiger partial charge in [0.2, 0.25) is 17.7 Å². The molecule has 1 atom stereocenters. The van der Waals surface area contributed by atoms with Gasteiger partial charge < -0.3 is 15.5 Å². The van der Waals surface area contributed by atoms with Gasteiger partial charge in [-0.2, -0.15) is 0 Å². The minimum absolute atomic E-state index is 0.120. The van der Waals surface area contributed by atoms with E-state index < -0.39 is 6.04 Å². The van der Waals surface area contributed by atoms with E-state index in [0.29, 0.717) is 28.6 Å². The number of rotatable bonds is 4. The number of halogens is 2. The molecular weight excluding hydrogens is 329 g/mol. The fourth-order valence-corrected chi connectivity index (χ4v) is 2.43. The molecule has 0 saturated carbocycles. The zero-order chi connectivity index (χ0) is 16.3. The Morgan fingerprint density at radius 3 is 2.68 bits per heavy atom. The zero-order valence-corrected chi connectivity index (χ0v) is 13.4. The van der Waals surface area contributed by atoms with Crippen molar-refractivity contribution in [3.8, 4) is 0 Å². The van der Waals surface area contributed by atoms with E-state index in [1.807, 2.05) is 0 Å². The first kappa shape index (κ1) is 16.6. The molecular formula is C14H15Cl2N3O3. The van der Waals surface area contributed by atoms with Crippen LogP contribution in [0.3, 0.4) is 0 Å². The van der Waals surface area contributed by atoms with E-state index in [1.165, 1.54) is 18.0 Å². The highest BCUT2D eigenvalue weighted by Crippen LogP contribution is 2.24. The van der Waals surface area contributed by atoms with Gasteiger partial charge in [-0.1, -0.05) is 23.2 Å². The Morgan fingerprint density at radius 1 is 1.36 bits per heavy atom. The first-order valence-corrected chi connectivity index (χ1v) is 7.41. The number of likely N-dealkylation sites (N-methyl/N-ethyl adjacent to an activating group) is 1. The van der Waals surface area contributed by atoms with Gasteiger partial charge in [0.15, 0.2) is 0 Å². The second-order valence-corrected chi connectivity index (χ2v) is 5.84. The average Bonchev–Trinajstić information content (AvgIpc) is 2.88. The molecule has 8 heteroatoms. The topological polar surface area (TPSA) is 78.5 Å². The lowest BCUT2D eigenvalue weighted by molar-refractivity contribution is -0.135. The molecule has 1 heterocycles. The summed E-state index contributed by atoms with van der Waals surface area (Å²) in [5.41, 5.74) is 0.495. The average molecular weight is 344 g/mol. The predicted octanol–water partition coefficient (Wildman–Crippen LogP) is 1.67. The minimum Gasteiger partial charge on any atom is -0.344 e. The summed E-state index contributed by atoms with van der Waals surface area (Å²) < 4.78 is 0. The smallest absolute Gasteiger partial charge is 0.245 e. The monoisotopic (exact) mass is 343 g/mol. The number of nitrogens with one attached hydrogen (secondary N) is 2. The van der Waals surface area contributed by atoms with Crippen molar-refractivity contribution in [2.24, 2.45) is 0 Å². The molecule has 22 heavy (non-hydrogen) atoms. The molecule has 0 unspecified atom stereocenters. The lowest BCUT2D eigenvalue weighted by atomic mass is 10.2. The first-order valence-electron chi connectivity index (χ1n) is 6.66. The van der Waals surface area contributed by atoms with Crippen LogP contribution < -0.4 is 10.6 Å². The molecule has 2 rings (SSSR count). The third-order valence-electron chi connectivity index (χ3n) is 3.25. The summed E-state index contributed by atoms with van der Waals surface area (Å²) in [6.45, 7) is -0.120. The van der Waals surface area contributed by atoms with E-state index in [4.69, 9.17) is 23.2 Å². The predicted molar refractivity (Wildman–Crippen MR) is 83.9 cm³/mol. The first-order chi connectivity index (χ1) is 10.4. The summed E-state index contributed by atoms with van der Waals surface area (Å²) in [7, 11) is 1.52. The van der Waals surface area contributed by atoms with E-state index >= 15 is 0 Å². The molecule has 1 aromatic rings. The van der Waals surface area contributed by atoms with Gasteiger partial charge in [0.05, 0.1) is 16.6 Å². The molecule has 1 fully saturated rings. The largest absolute Gasteiger partial charge is 0.344 e. The van der Waals surface area contributed by atoms with Crippen molar-refractivity contribution in [3.63, 3.8) is 0 Å². The maximum Gasteiger partial charge on any atom is 0.245 e. The second-order valence-electron chi connectivity index (χ2n) is 5.03. The summed E-state index contributed by atoms with van der Waals surface area (Å²) >= 11 is 11.7. The van der Waals surface area contributed by atoms with Crippen molar-refractivity contribution in [2.45, 2.75) is 18.9 Å². The molecule has 1 aliphatic heterocycles. The van der Waals surface area contributed by atoms with E-state index in [9.17, 15) is 14.4 Å². The quantitative estimate of drug-likeness (QED) is 0.872. The number of benzene rings is 1. The molecule has 1 aliphatic rings. The van der Waals surface area contributed by atoms with Crippen molar-refractivity contribution in [2.75, 3.05) is 18.9 Å². The SMILES string of the molecule is CN(CC(=O)Nc1ccc(Cl)c(Cl)c1)C(=O)[C@@H]1CCC(=O)N1. The Labute approximate surface area is 137 Å². The van der Waals surface area contributed by atoms with Crippen LogP contribution in [0, 0.1) is 0 Å². The van der Waals surface area contributed by atoms with Gasteiger partial charge in [0.1, 0.15) is 6.04 Å². The van der Waals surface area contributed by atoms with Crippen molar-refractivity contribution in [1.82, 2.24) is 10.2 Å². The van der Waals surface area contributed by atoms with E-state index in [0.717, 1.165) is 0 Å². The molecule has 118 valence electrons. The van der Waals surface area contributed by atoms with Crippen LogP contribution >= 0.6 is 23.2 Å². The van der Waals surface area contributed by atoms with Gasteiger partial charge in [-0.25, -0.2) is 0 Å². The van der Waals surface area contributed by atoms with Crippen LogP contribution in [0.5, 0.6) is 0 Å². The highest BCUT2D eigenvalue weighted by atomic mass is 35.5. The Hall–Kier alpha value is -1.79. The highest BCUT2D eigenvalue weighted by molar-refractivity contribution is 6.42. The van der Waals surface area contributed by atoms with Gasteiger partial charge in [-0.3, -0.25) is 14.4 Å². The van der Waals surface area contributed by atoms with Crippen LogP contribution in [-0.4, -0.2) is 42.3 Å². The van der Waals surface area contributed by atoms with Crippen LogP contribution in [0.4, 0.5) is 5.69 Å². The molecule has 0 aliphatic carbocycles. The van der Waals surface area contributed by atoms with Gasteiger partial charge >= 0.3 is 0 Å².